The van der Waals surface area contributed by atoms with E-state index in [2.05, 4.69) is 6.92 Å². The lowest BCUT2D eigenvalue weighted by atomic mass is 10.3. The third kappa shape index (κ3) is 2.96. The van der Waals surface area contributed by atoms with E-state index < -0.39 is 0 Å². The predicted octanol–water partition coefficient (Wildman–Crippen LogP) is 2.59. The summed E-state index contributed by atoms with van der Waals surface area (Å²) in [5.74, 6) is 4.65. The second-order valence-electron chi connectivity index (χ2n) is 3.14. The molecule has 0 amide bonds. The Hall–Kier alpha value is 0.350. The molecule has 0 aromatic carbocycles. The highest BCUT2D eigenvalue weighted by atomic mass is 32.2. The molecule has 1 fully saturated rings. The van der Waals surface area contributed by atoms with Crippen molar-refractivity contribution in [3.63, 3.8) is 0 Å². The van der Waals surface area contributed by atoms with E-state index in [9.17, 15) is 0 Å². The SMILES string of the molecule is CCCC[S+]1CCCCC1. The van der Waals surface area contributed by atoms with Gasteiger partial charge in [0.25, 0.3) is 0 Å². The van der Waals surface area contributed by atoms with Gasteiger partial charge in [0.15, 0.2) is 0 Å². The molecule has 0 unspecified atom stereocenters. The maximum Gasteiger partial charge on any atom is 0.108 e. The number of hydrogen-bond acceptors (Lipinski definition) is 0. The van der Waals surface area contributed by atoms with Gasteiger partial charge in [-0.2, -0.15) is 0 Å². The van der Waals surface area contributed by atoms with Gasteiger partial charge in [-0.3, -0.25) is 0 Å². The molecule has 1 heteroatoms. The smallest absolute Gasteiger partial charge is 0.0652 e. The molecule has 0 saturated carbocycles. The molecule has 0 nitrogen and oxygen atoms in total. The molecule has 0 aliphatic carbocycles. The van der Waals surface area contributed by atoms with Crippen LogP contribution in [-0.2, 0) is 10.9 Å². The largest absolute Gasteiger partial charge is 0.108 e. The second kappa shape index (κ2) is 5.06. The summed E-state index contributed by atoms with van der Waals surface area (Å²) in [4.78, 5) is 0. The molecule has 10 heavy (non-hydrogen) atoms. The quantitative estimate of drug-likeness (QED) is 0.555. The van der Waals surface area contributed by atoms with Crippen molar-refractivity contribution in [1.82, 2.24) is 0 Å². The number of hydrogen-bond donors (Lipinski definition) is 0. The van der Waals surface area contributed by atoms with Crippen molar-refractivity contribution >= 4 is 10.9 Å². The van der Waals surface area contributed by atoms with E-state index in [1.807, 2.05) is 0 Å². The van der Waals surface area contributed by atoms with Gasteiger partial charge in [-0.25, -0.2) is 0 Å². The maximum atomic E-state index is 2.30. The zero-order valence-electron chi connectivity index (χ0n) is 7.07. The average molecular weight is 159 g/mol. The van der Waals surface area contributed by atoms with Crippen LogP contribution in [0.2, 0.25) is 0 Å². The topological polar surface area (TPSA) is 0 Å². The Balaban J connectivity index is 2.02. The fraction of sp³-hybridized carbons (Fsp3) is 1.00. The first-order chi connectivity index (χ1) is 4.93. The fourth-order valence-corrected chi connectivity index (χ4v) is 3.98. The fourth-order valence-electron chi connectivity index (χ4n) is 1.44. The summed E-state index contributed by atoms with van der Waals surface area (Å²) in [5.41, 5.74) is 0. The van der Waals surface area contributed by atoms with Gasteiger partial charge < -0.3 is 0 Å². The molecule has 0 radical (unpaired) electrons. The number of unbranched alkanes of at least 4 members (excludes halogenated alkanes) is 1. The second-order valence-corrected chi connectivity index (χ2v) is 5.59. The normalized spacial score (nSPS) is 21.3. The van der Waals surface area contributed by atoms with Crippen LogP contribution in [0.4, 0.5) is 0 Å². The van der Waals surface area contributed by atoms with Gasteiger partial charge >= 0.3 is 0 Å². The van der Waals surface area contributed by atoms with Gasteiger partial charge in [0.1, 0.15) is 17.3 Å². The van der Waals surface area contributed by atoms with E-state index in [1.165, 1.54) is 37.9 Å². The first kappa shape index (κ1) is 8.45. The van der Waals surface area contributed by atoms with Crippen molar-refractivity contribution in [2.75, 3.05) is 17.3 Å². The highest BCUT2D eigenvalue weighted by molar-refractivity contribution is 7.96. The predicted molar refractivity (Wildman–Crippen MR) is 50.7 cm³/mol. The van der Waals surface area contributed by atoms with Crippen LogP contribution in [-0.4, -0.2) is 17.3 Å². The lowest BCUT2D eigenvalue weighted by Gasteiger charge is -2.12. The van der Waals surface area contributed by atoms with Crippen LogP contribution in [0.1, 0.15) is 39.0 Å². The molecule has 0 spiro atoms. The molecule has 0 aromatic heterocycles. The molecule has 1 heterocycles. The van der Waals surface area contributed by atoms with Gasteiger partial charge in [0, 0.05) is 0 Å². The highest BCUT2D eigenvalue weighted by Crippen LogP contribution is 2.14. The van der Waals surface area contributed by atoms with Crippen molar-refractivity contribution in [1.29, 1.82) is 0 Å². The van der Waals surface area contributed by atoms with Gasteiger partial charge in [0.05, 0.1) is 0 Å². The zero-order valence-corrected chi connectivity index (χ0v) is 7.88. The Kier molecular flexibility index (Phi) is 4.27. The molecular formula is C9H19S+. The molecule has 1 rings (SSSR count). The van der Waals surface area contributed by atoms with Gasteiger partial charge in [-0.05, 0) is 36.6 Å². The highest BCUT2D eigenvalue weighted by Gasteiger charge is 2.19. The summed E-state index contributed by atoms with van der Waals surface area (Å²) < 4.78 is 0. The summed E-state index contributed by atoms with van der Waals surface area (Å²) in [7, 11) is 0.855. The van der Waals surface area contributed by atoms with Gasteiger partial charge in [0.2, 0.25) is 0 Å². The summed E-state index contributed by atoms with van der Waals surface area (Å²) in [6.45, 7) is 2.30. The van der Waals surface area contributed by atoms with Crippen LogP contribution < -0.4 is 0 Å². The molecule has 1 saturated heterocycles. The van der Waals surface area contributed by atoms with Crippen LogP contribution in [0.5, 0.6) is 0 Å². The van der Waals surface area contributed by atoms with Gasteiger partial charge in [-0.1, -0.05) is 13.3 Å². The van der Waals surface area contributed by atoms with Crippen LogP contribution in [0.25, 0.3) is 0 Å². The Morgan fingerprint density at radius 1 is 1.10 bits per heavy atom. The molecule has 60 valence electrons. The minimum Gasteiger partial charge on any atom is -0.0652 e. The van der Waals surface area contributed by atoms with Crippen LogP contribution >= 0.6 is 0 Å². The van der Waals surface area contributed by atoms with E-state index >= 15 is 0 Å². The van der Waals surface area contributed by atoms with E-state index in [-0.39, 0.29) is 0 Å². The maximum absolute atomic E-state index is 2.30. The van der Waals surface area contributed by atoms with Crippen molar-refractivity contribution < 1.29 is 0 Å². The number of rotatable bonds is 3. The Bertz CT molecular complexity index is 74.8. The van der Waals surface area contributed by atoms with Crippen molar-refractivity contribution in [3.05, 3.63) is 0 Å². The third-order valence-electron chi connectivity index (χ3n) is 2.15. The van der Waals surface area contributed by atoms with E-state index in [0.29, 0.717) is 0 Å². The lowest BCUT2D eigenvalue weighted by Crippen LogP contribution is -2.20. The van der Waals surface area contributed by atoms with Gasteiger partial charge in [-0.15, -0.1) is 0 Å². The van der Waals surface area contributed by atoms with E-state index in [0.717, 1.165) is 10.9 Å². The molecule has 0 aromatic rings. The minimum absolute atomic E-state index is 0.855. The summed E-state index contributed by atoms with van der Waals surface area (Å²) >= 11 is 0. The molecular weight excluding hydrogens is 140 g/mol. The third-order valence-corrected chi connectivity index (χ3v) is 4.75. The van der Waals surface area contributed by atoms with Crippen molar-refractivity contribution in [2.45, 2.75) is 39.0 Å². The van der Waals surface area contributed by atoms with E-state index in [1.54, 1.807) is 11.5 Å². The Morgan fingerprint density at radius 3 is 2.40 bits per heavy atom. The summed E-state index contributed by atoms with van der Waals surface area (Å²) in [5, 5.41) is 0. The van der Waals surface area contributed by atoms with E-state index in [4.69, 9.17) is 0 Å². The van der Waals surface area contributed by atoms with Crippen LogP contribution in [0.3, 0.4) is 0 Å². The summed E-state index contributed by atoms with van der Waals surface area (Å²) in [6.07, 6.45) is 7.42. The minimum atomic E-state index is 0.855. The van der Waals surface area contributed by atoms with Crippen LogP contribution in [0.15, 0.2) is 0 Å². The first-order valence-electron chi connectivity index (χ1n) is 4.57. The molecule has 0 atom stereocenters. The summed E-state index contributed by atoms with van der Waals surface area (Å²) in [6, 6.07) is 0. The standard InChI is InChI=1S/C9H19S/c1-2-3-7-10-8-5-4-6-9-10/h2-9H2,1H3/q+1. The van der Waals surface area contributed by atoms with Crippen LogP contribution in [0, 0.1) is 0 Å². The average Bonchev–Trinajstić information content (AvgIpc) is 2.03. The Labute approximate surface area is 67.7 Å². The lowest BCUT2D eigenvalue weighted by molar-refractivity contribution is 0.752. The first-order valence-corrected chi connectivity index (χ1v) is 6.31. The zero-order chi connectivity index (χ0) is 7.23. The Morgan fingerprint density at radius 2 is 1.80 bits per heavy atom. The molecule has 0 N–H and O–H groups in total. The van der Waals surface area contributed by atoms with Crippen molar-refractivity contribution in [3.8, 4) is 0 Å². The van der Waals surface area contributed by atoms with Crippen molar-refractivity contribution in [2.24, 2.45) is 0 Å². The monoisotopic (exact) mass is 159 g/mol. The molecule has 1 aliphatic heterocycles. The molecule has 1 aliphatic rings. The molecule has 0 bridgehead atoms.